The number of amides is 1. The molecule has 26 heavy (non-hydrogen) atoms. The van der Waals surface area contributed by atoms with Gasteiger partial charge >= 0.3 is 0 Å². The van der Waals surface area contributed by atoms with Gasteiger partial charge in [0, 0.05) is 31.8 Å². The van der Waals surface area contributed by atoms with E-state index in [1.807, 2.05) is 18.2 Å². The van der Waals surface area contributed by atoms with Gasteiger partial charge in [0.25, 0.3) is 5.91 Å². The second kappa shape index (κ2) is 8.92. The SMILES string of the molecule is O=C(NCCN1CCC[C@H](CO)C1)c1ccc(-c2cccc(F)c2)cc1. The van der Waals surface area contributed by atoms with Crippen molar-refractivity contribution in [1.82, 2.24) is 10.2 Å². The van der Waals surface area contributed by atoms with Crippen LogP contribution in [-0.2, 0) is 0 Å². The standard InChI is InChI=1S/C21H25FN2O2/c22-20-5-1-4-19(13-20)17-6-8-18(9-7-17)21(26)23-10-12-24-11-2-3-16(14-24)15-25/h1,4-9,13,16,25H,2-3,10-12,14-15H2,(H,23,26)/t16-/m0/s1. The highest BCUT2D eigenvalue weighted by atomic mass is 19.1. The van der Waals surface area contributed by atoms with Crippen LogP contribution in [0.3, 0.4) is 0 Å². The number of carbonyl (C=O) groups excluding carboxylic acids is 1. The summed E-state index contributed by atoms with van der Waals surface area (Å²) in [4.78, 5) is 14.6. The van der Waals surface area contributed by atoms with Gasteiger partial charge in [-0.05, 0) is 60.7 Å². The maximum atomic E-state index is 13.3. The number of nitrogens with zero attached hydrogens (tertiary/aromatic N) is 1. The third kappa shape index (κ3) is 4.90. The first kappa shape index (κ1) is 18.5. The summed E-state index contributed by atoms with van der Waals surface area (Å²) in [7, 11) is 0. The molecule has 0 unspecified atom stereocenters. The predicted molar refractivity (Wildman–Crippen MR) is 100 cm³/mol. The largest absolute Gasteiger partial charge is 0.396 e. The van der Waals surface area contributed by atoms with Crippen molar-refractivity contribution < 1.29 is 14.3 Å². The van der Waals surface area contributed by atoms with E-state index in [9.17, 15) is 14.3 Å². The molecule has 2 N–H and O–H groups in total. The van der Waals surface area contributed by atoms with Gasteiger partial charge in [0.05, 0.1) is 0 Å². The highest BCUT2D eigenvalue weighted by Crippen LogP contribution is 2.20. The molecule has 0 aromatic heterocycles. The molecule has 1 saturated heterocycles. The fraction of sp³-hybridized carbons (Fsp3) is 0.381. The Hall–Kier alpha value is -2.24. The number of rotatable bonds is 6. The van der Waals surface area contributed by atoms with Gasteiger partial charge in [0.15, 0.2) is 0 Å². The Morgan fingerprint density at radius 2 is 2.00 bits per heavy atom. The van der Waals surface area contributed by atoms with Gasteiger partial charge in [-0.3, -0.25) is 4.79 Å². The molecule has 0 radical (unpaired) electrons. The number of nitrogens with one attached hydrogen (secondary N) is 1. The number of likely N-dealkylation sites (tertiary alicyclic amines) is 1. The van der Waals surface area contributed by atoms with Crippen molar-refractivity contribution in [2.75, 3.05) is 32.8 Å². The smallest absolute Gasteiger partial charge is 0.251 e. The summed E-state index contributed by atoms with van der Waals surface area (Å²) in [6.45, 7) is 3.54. The number of aliphatic hydroxyl groups excluding tert-OH is 1. The molecule has 2 aromatic rings. The maximum absolute atomic E-state index is 13.3. The van der Waals surface area contributed by atoms with E-state index in [0.717, 1.165) is 43.6 Å². The van der Waals surface area contributed by atoms with Gasteiger partial charge in [-0.2, -0.15) is 0 Å². The molecule has 2 aromatic carbocycles. The molecule has 5 heteroatoms. The van der Waals surface area contributed by atoms with Crippen molar-refractivity contribution in [2.45, 2.75) is 12.8 Å². The van der Waals surface area contributed by atoms with Crippen molar-refractivity contribution in [3.8, 4) is 11.1 Å². The first-order valence-electron chi connectivity index (χ1n) is 9.13. The highest BCUT2D eigenvalue weighted by molar-refractivity contribution is 5.94. The van der Waals surface area contributed by atoms with Gasteiger partial charge in [0.1, 0.15) is 5.82 Å². The lowest BCUT2D eigenvalue weighted by molar-refractivity contribution is 0.0930. The summed E-state index contributed by atoms with van der Waals surface area (Å²) in [6.07, 6.45) is 2.18. The summed E-state index contributed by atoms with van der Waals surface area (Å²) in [5.41, 5.74) is 2.27. The van der Waals surface area contributed by atoms with Crippen LogP contribution in [-0.4, -0.2) is 48.7 Å². The Morgan fingerprint density at radius 3 is 2.73 bits per heavy atom. The lowest BCUT2D eigenvalue weighted by Gasteiger charge is -2.31. The van der Waals surface area contributed by atoms with Gasteiger partial charge in [-0.1, -0.05) is 24.3 Å². The Kier molecular flexibility index (Phi) is 6.36. The Balaban J connectivity index is 1.50. The van der Waals surface area contributed by atoms with Crippen LogP contribution in [0.2, 0.25) is 0 Å². The molecule has 138 valence electrons. The van der Waals surface area contributed by atoms with Crippen molar-refractivity contribution in [3.63, 3.8) is 0 Å². The van der Waals surface area contributed by atoms with E-state index in [-0.39, 0.29) is 18.3 Å². The number of hydrogen-bond donors (Lipinski definition) is 2. The van der Waals surface area contributed by atoms with Crippen molar-refractivity contribution >= 4 is 5.91 Å². The van der Waals surface area contributed by atoms with Crippen LogP contribution in [0.5, 0.6) is 0 Å². The van der Waals surface area contributed by atoms with Crippen LogP contribution in [0.15, 0.2) is 48.5 Å². The average molecular weight is 356 g/mol. The fourth-order valence-corrected chi connectivity index (χ4v) is 3.42. The van der Waals surface area contributed by atoms with E-state index in [0.29, 0.717) is 18.0 Å². The quantitative estimate of drug-likeness (QED) is 0.837. The first-order valence-corrected chi connectivity index (χ1v) is 9.13. The fourth-order valence-electron chi connectivity index (χ4n) is 3.42. The molecule has 4 nitrogen and oxygen atoms in total. The van der Waals surface area contributed by atoms with Gasteiger partial charge in [-0.25, -0.2) is 4.39 Å². The number of piperidine rings is 1. The van der Waals surface area contributed by atoms with E-state index in [2.05, 4.69) is 10.2 Å². The van der Waals surface area contributed by atoms with Crippen LogP contribution in [0, 0.1) is 11.7 Å². The van der Waals surface area contributed by atoms with E-state index >= 15 is 0 Å². The number of hydrogen-bond acceptors (Lipinski definition) is 3. The van der Waals surface area contributed by atoms with Crippen LogP contribution in [0.1, 0.15) is 23.2 Å². The molecule has 0 spiro atoms. The van der Waals surface area contributed by atoms with Crippen LogP contribution in [0.4, 0.5) is 4.39 Å². The molecule has 0 aliphatic carbocycles. The third-order valence-corrected chi connectivity index (χ3v) is 4.88. The van der Waals surface area contributed by atoms with E-state index in [1.165, 1.54) is 12.1 Å². The second-order valence-electron chi connectivity index (χ2n) is 6.84. The molecular formula is C21H25FN2O2. The molecule has 0 saturated carbocycles. The molecular weight excluding hydrogens is 331 g/mol. The monoisotopic (exact) mass is 356 g/mol. The zero-order valence-corrected chi connectivity index (χ0v) is 14.8. The summed E-state index contributed by atoms with van der Waals surface area (Å²) >= 11 is 0. The van der Waals surface area contributed by atoms with E-state index < -0.39 is 0 Å². The molecule has 1 aliphatic rings. The van der Waals surface area contributed by atoms with Crippen LogP contribution < -0.4 is 5.32 Å². The summed E-state index contributed by atoms with van der Waals surface area (Å²) in [6, 6.07) is 13.6. The lowest BCUT2D eigenvalue weighted by atomic mass is 9.99. The molecule has 1 fully saturated rings. The highest BCUT2D eigenvalue weighted by Gasteiger charge is 2.18. The number of carbonyl (C=O) groups is 1. The minimum atomic E-state index is -0.273. The van der Waals surface area contributed by atoms with Crippen molar-refractivity contribution in [1.29, 1.82) is 0 Å². The normalized spacial score (nSPS) is 17.8. The molecule has 3 rings (SSSR count). The van der Waals surface area contributed by atoms with Crippen LogP contribution in [0.25, 0.3) is 11.1 Å². The Morgan fingerprint density at radius 1 is 1.19 bits per heavy atom. The maximum Gasteiger partial charge on any atom is 0.251 e. The summed E-state index contributed by atoms with van der Waals surface area (Å²) < 4.78 is 13.3. The summed E-state index contributed by atoms with van der Waals surface area (Å²) in [5.74, 6) is -0.0215. The molecule has 1 heterocycles. The topological polar surface area (TPSA) is 52.6 Å². The molecule has 1 amide bonds. The van der Waals surface area contributed by atoms with Crippen LogP contribution >= 0.6 is 0 Å². The third-order valence-electron chi connectivity index (χ3n) is 4.88. The number of benzene rings is 2. The molecule has 1 aliphatic heterocycles. The zero-order chi connectivity index (χ0) is 18.4. The zero-order valence-electron chi connectivity index (χ0n) is 14.8. The van der Waals surface area contributed by atoms with E-state index in [1.54, 1.807) is 18.2 Å². The van der Waals surface area contributed by atoms with Gasteiger partial charge in [0.2, 0.25) is 0 Å². The average Bonchev–Trinajstić information content (AvgIpc) is 2.68. The predicted octanol–water partition coefficient (Wildman–Crippen LogP) is 2.93. The second-order valence-corrected chi connectivity index (χ2v) is 6.84. The van der Waals surface area contributed by atoms with Crippen molar-refractivity contribution in [3.05, 3.63) is 59.9 Å². The summed E-state index contributed by atoms with van der Waals surface area (Å²) in [5, 5.41) is 12.2. The molecule has 0 bridgehead atoms. The Bertz CT molecular complexity index is 733. The lowest BCUT2D eigenvalue weighted by Crippen LogP contribution is -2.41. The molecule has 1 atom stereocenters. The van der Waals surface area contributed by atoms with Crippen molar-refractivity contribution in [2.24, 2.45) is 5.92 Å². The number of halogens is 1. The minimum absolute atomic E-state index is 0.105. The Labute approximate surface area is 153 Å². The van der Waals surface area contributed by atoms with Gasteiger partial charge in [-0.15, -0.1) is 0 Å². The minimum Gasteiger partial charge on any atom is -0.396 e. The number of aliphatic hydroxyl groups is 1. The van der Waals surface area contributed by atoms with Gasteiger partial charge < -0.3 is 15.3 Å². The first-order chi connectivity index (χ1) is 12.7. The van der Waals surface area contributed by atoms with E-state index in [4.69, 9.17) is 0 Å².